The Labute approximate surface area is 133 Å². The highest BCUT2D eigenvalue weighted by molar-refractivity contribution is 7.09. The van der Waals surface area contributed by atoms with Crippen LogP contribution in [0.5, 0.6) is 0 Å². The van der Waals surface area contributed by atoms with E-state index in [0.29, 0.717) is 11.7 Å². The topological polar surface area (TPSA) is 71.8 Å². The largest absolute Gasteiger partial charge is 0.341 e. The van der Waals surface area contributed by atoms with Crippen molar-refractivity contribution in [3.8, 4) is 0 Å². The molecule has 6 nitrogen and oxygen atoms in total. The van der Waals surface area contributed by atoms with Crippen LogP contribution >= 0.6 is 11.3 Å². The van der Waals surface area contributed by atoms with Crippen LogP contribution in [0.2, 0.25) is 0 Å². The van der Waals surface area contributed by atoms with Crippen molar-refractivity contribution >= 4 is 17.2 Å². The van der Waals surface area contributed by atoms with Gasteiger partial charge in [-0.25, -0.2) is 4.98 Å². The summed E-state index contributed by atoms with van der Waals surface area (Å²) in [5.74, 6) is -0.135. The number of nitrogens with zero attached hydrogens (tertiary/aromatic N) is 3. The third-order valence-electron chi connectivity index (χ3n) is 3.95. The smallest absolute Gasteiger partial charge is 0.272 e. The number of carbonyl (C=O) groups is 1. The molecule has 1 fully saturated rings. The Balaban J connectivity index is 1.66. The highest BCUT2D eigenvalue weighted by Gasteiger charge is 2.20. The summed E-state index contributed by atoms with van der Waals surface area (Å²) in [4.78, 5) is 16.7. The number of nitrogens with one attached hydrogen (secondary N) is 2. The van der Waals surface area contributed by atoms with Gasteiger partial charge in [-0.05, 0) is 31.9 Å². The van der Waals surface area contributed by atoms with Gasteiger partial charge in [0.25, 0.3) is 5.91 Å². The van der Waals surface area contributed by atoms with Crippen LogP contribution in [-0.2, 0) is 0 Å². The van der Waals surface area contributed by atoms with Crippen LogP contribution in [0.15, 0.2) is 23.8 Å². The lowest BCUT2D eigenvalue weighted by atomic mass is 10.1. The average Bonchev–Trinajstić information content (AvgIpc) is 3.24. The minimum Gasteiger partial charge on any atom is -0.341 e. The molecule has 118 valence electrons. The van der Waals surface area contributed by atoms with E-state index in [0.717, 1.165) is 37.4 Å². The molecule has 2 aromatic rings. The van der Waals surface area contributed by atoms with Gasteiger partial charge in [-0.2, -0.15) is 5.10 Å². The Kier molecular flexibility index (Phi) is 4.84. The van der Waals surface area contributed by atoms with Crippen molar-refractivity contribution in [2.45, 2.75) is 38.3 Å². The third kappa shape index (κ3) is 3.36. The van der Waals surface area contributed by atoms with Crippen LogP contribution in [0.25, 0.3) is 0 Å². The second-order valence-corrected chi connectivity index (χ2v) is 6.41. The van der Waals surface area contributed by atoms with E-state index >= 15 is 0 Å². The first-order valence-corrected chi connectivity index (χ1v) is 8.62. The monoisotopic (exact) mass is 319 g/mol. The Morgan fingerprint density at radius 2 is 2.55 bits per heavy atom. The molecule has 7 heteroatoms. The lowest BCUT2D eigenvalue weighted by Gasteiger charge is -2.22. The number of amides is 1. The van der Waals surface area contributed by atoms with Gasteiger partial charge in [-0.1, -0.05) is 6.92 Å². The fraction of sp³-hybridized carbons (Fsp3) is 0.533. The van der Waals surface area contributed by atoms with Gasteiger partial charge in [0.1, 0.15) is 10.7 Å². The van der Waals surface area contributed by atoms with Gasteiger partial charge in [0, 0.05) is 24.3 Å². The molecule has 1 aliphatic rings. The standard InChI is InChI=1S/C15H21N5OS/c1-2-12(15-17-7-9-22-15)18-14(21)13-5-8-20(19-13)11-4-3-6-16-10-11/h5,7-9,11-12,16H,2-4,6,10H2,1H3,(H,18,21). The number of hydrogen-bond donors (Lipinski definition) is 2. The zero-order valence-corrected chi connectivity index (χ0v) is 13.5. The Bertz CT molecular complexity index is 603. The molecule has 0 bridgehead atoms. The maximum Gasteiger partial charge on any atom is 0.272 e. The zero-order chi connectivity index (χ0) is 15.4. The van der Waals surface area contributed by atoms with Crippen molar-refractivity contribution in [2.24, 2.45) is 0 Å². The molecular formula is C15H21N5OS. The minimum absolute atomic E-state index is 0.0472. The first kappa shape index (κ1) is 15.2. The molecule has 1 saturated heterocycles. The van der Waals surface area contributed by atoms with E-state index in [1.807, 2.05) is 23.2 Å². The van der Waals surface area contributed by atoms with Crippen LogP contribution < -0.4 is 10.6 Å². The molecule has 2 N–H and O–H groups in total. The van der Waals surface area contributed by atoms with Crippen molar-refractivity contribution < 1.29 is 4.79 Å². The average molecular weight is 319 g/mol. The van der Waals surface area contributed by atoms with E-state index in [1.54, 1.807) is 23.6 Å². The first-order valence-electron chi connectivity index (χ1n) is 7.74. The lowest BCUT2D eigenvalue weighted by molar-refractivity contribution is 0.0929. The van der Waals surface area contributed by atoms with E-state index in [1.165, 1.54) is 0 Å². The van der Waals surface area contributed by atoms with Gasteiger partial charge in [0.05, 0.1) is 12.1 Å². The van der Waals surface area contributed by atoms with Crippen LogP contribution in [0.3, 0.4) is 0 Å². The first-order chi connectivity index (χ1) is 10.8. The Morgan fingerprint density at radius 1 is 1.64 bits per heavy atom. The minimum atomic E-state index is -0.135. The molecular weight excluding hydrogens is 298 g/mol. The molecule has 22 heavy (non-hydrogen) atoms. The fourth-order valence-electron chi connectivity index (χ4n) is 2.70. The Hall–Kier alpha value is -1.73. The van der Waals surface area contributed by atoms with Gasteiger partial charge in [-0.15, -0.1) is 11.3 Å². The van der Waals surface area contributed by atoms with Crippen molar-refractivity contribution in [1.82, 2.24) is 25.4 Å². The summed E-state index contributed by atoms with van der Waals surface area (Å²) in [6.45, 7) is 4.02. The van der Waals surface area contributed by atoms with Gasteiger partial charge >= 0.3 is 0 Å². The summed E-state index contributed by atoms with van der Waals surface area (Å²) in [6, 6.07) is 2.09. The SMILES string of the molecule is CCC(NC(=O)c1ccn(C2CCCNC2)n1)c1nccs1. The van der Waals surface area contributed by atoms with Crippen molar-refractivity contribution in [3.05, 3.63) is 34.5 Å². The molecule has 0 saturated carbocycles. The second-order valence-electron chi connectivity index (χ2n) is 5.49. The molecule has 0 aromatic carbocycles. The molecule has 2 atom stereocenters. The number of aromatic nitrogens is 3. The van der Waals surface area contributed by atoms with E-state index in [4.69, 9.17) is 0 Å². The van der Waals surface area contributed by atoms with Crippen LogP contribution in [0, 0.1) is 0 Å². The predicted octanol–water partition coefficient (Wildman–Crippen LogP) is 2.15. The van der Waals surface area contributed by atoms with Gasteiger partial charge in [-0.3, -0.25) is 9.48 Å². The number of hydrogen-bond acceptors (Lipinski definition) is 5. The van der Waals surface area contributed by atoms with Crippen molar-refractivity contribution in [2.75, 3.05) is 13.1 Å². The van der Waals surface area contributed by atoms with Crippen LogP contribution in [0.1, 0.15) is 53.8 Å². The van der Waals surface area contributed by atoms with Gasteiger partial charge < -0.3 is 10.6 Å². The highest BCUT2D eigenvalue weighted by Crippen LogP contribution is 2.20. The van der Waals surface area contributed by atoms with Gasteiger partial charge in [0.2, 0.25) is 0 Å². The van der Waals surface area contributed by atoms with E-state index in [2.05, 4.69) is 20.7 Å². The van der Waals surface area contributed by atoms with Crippen LogP contribution in [-0.4, -0.2) is 33.8 Å². The fourth-order valence-corrected chi connectivity index (χ4v) is 3.47. The number of piperidine rings is 1. The van der Waals surface area contributed by atoms with Gasteiger partial charge in [0.15, 0.2) is 0 Å². The molecule has 1 amide bonds. The maximum atomic E-state index is 12.4. The van der Waals surface area contributed by atoms with Crippen LogP contribution in [0.4, 0.5) is 0 Å². The number of rotatable bonds is 5. The summed E-state index contributed by atoms with van der Waals surface area (Å²) >= 11 is 1.56. The molecule has 0 radical (unpaired) electrons. The van der Waals surface area contributed by atoms with E-state index in [9.17, 15) is 4.79 Å². The summed E-state index contributed by atoms with van der Waals surface area (Å²) in [5, 5.41) is 13.7. The van der Waals surface area contributed by atoms with E-state index in [-0.39, 0.29) is 11.9 Å². The third-order valence-corrected chi connectivity index (χ3v) is 4.84. The molecule has 3 rings (SSSR count). The quantitative estimate of drug-likeness (QED) is 0.886. The molecule has 3 heterocycles. The maximum absolute atomic E-state index is 12.4. The number of thiazole rings is 1. The second kappa shape index (κ2) is 7.02. The molecule has 0 aliphatic carbocycles. The molecule has 2 unspecified atom stereocenters. The molecule has 0 spiro atoms. The van der Waals surface area contributed by atoms with Crippen molar-refractivity contribution in [1.29, 1.82) is 0 Å². The molecule has 1 aliphatic heterocycles. The summed E-state index contributed by atoms with van der Waals surface area (Å²) in [6.07, 6.45) is 6.73. The Morgan fingerprint density at radius 3 is 3.23 bits per heavy atom. The zero-order valence-electron chi connectivity index (χ0n) is 12.7. The summed E-state index contributed by atoms with van der Waals surface area (Å²) < 4.78 is 1.91. The summed E-state index contributed by atoms with van der Waals surface area (Å²) in [5.41, 5.74) is 0.473. The summed E-state index contributed by atoms with van der Waals surface area (Å²) in [7, 11) is 0. The predicted molar refractivity (Wildman–Crippen MR) is 86.0 cm³/mol. The van der Waals surface area contributed by atoms with E-state index < -0.39 is 0 Å². The lowest BCUT2D eigenvalue weighted by Crippen LogP contribution is -2.32. The highest BCUT2D eigenvalue weighted by atomic mass is 32.1. The number of carbonyl (C=O) groups excluding carboxylic acids is 1. The normalized spacial score (nSPS) is 19.8. The van der Waals surface area contributed by atoms with Crippen molar-refractivity contribution in [3.63, 3.8) is 0 Å². The molecule has 2 aromatic heterocycles.